The summed E-state index contributed by atoms with van der Waals surface area (Å²) in [4.78, 5) is 2.52. The third kappa shape index (κ3) is 3.20. The van der Waals surface area contributed by atoms with Crippen LogP contribution in [0.1, 0.15) is 38.3 Å². The number of nitrogens with zero attached hydrogens (tertiary/aromatic N) is 1. The fourth-order valence-corrected chi connectivity index (χ4v) is 4.41. The largest absolute Gasteiger partial charge is 0.315 e. The van der Waals surface area contributed by atoms with E-state index >= 15 is 0 Å². The quantitative estimate of drug-likeness (QED) is 0.897. The zero-order valence-electron chi connectivity index (χ0n) is 10.9. The lowest BCUT2D eigenvalue weighted by molar-refractivity contribution is 0.128. The molecule has 0 bridgehead atoms. The molecule has 2 nitrogen and oxygen atoms in total. The summed E-state index contributed by atoms with van der Waals surface area (Å²) in [7, 11) is 0. The Hall–Kier alpha value is 0.200. The molecule has 0 saturated carbocycles. The first kappa shape index (κ1) is 14.6. The molecule has 1 aromatic rings. The Bertz CT molecular complexity index is 388. The van der Waals surface area contributed by atoms with E-state index in [1.165, 1.54) is 29.7 Å². The van der Waals surface area contributed by atoms with Gasteiger partial charge in [-0.25, -0.2) is 0 Å². The first-order valence-corrected chi connectivity index (χ1v) is 8.12. The number of thiophene rings is 1. The number of hydrogen-bond acceptors (Lipinski definition) is 3. The van der Waals surface area contributed by atoms with Gasteiger partial charge >= 0.3 is 0 Å². The average Bonchev–Trinajstić information content (AvgIpc) is 2.70. The molecule has 2 unspecified atom stereocenters. The topological polar surface area (TPSA) is 15.3 Å². The Kier molecular flexibility index (Phi) is 5.34. The summed E-state index contributed by atoms with van der Waals surface area (Å²) in [5.74, 6) is 0. The minimum atomic E-state index is 0.330. The van der Waals surface area contributed by atoms with Crippen LogP contribution in [0, 0.1) is 0 Å². The lowest BCUT2D eigenvalue weighted by Crippen LogP contribution is -2.46. The molecule has 0 radical (unpaired) electrons. The minimum absolute atomic E-state index is 0.330. The van der Waals surface area contributed by atoms with Crippen LogP contribution < -0.4 is 5.32 Å². The van der Waals surface area contributed by atoms with Gasteiger partial charge in [0.15, 0.2) is 0 Å². The van der Waals surface area contributed by atoms with E-state index < -0.39 is 0 Å². The van der Waals surface area contributed by atoms with E-state index in [9.17, 15) is 0 Å². The molecule has 2 atom stereocenters. The minimum Gasteiger partial charge on any atom is -0.315 e. The lowest BCUT2D eigenvalue weighted by Gasteiger charge is -2.38. The van der Waals surface area contributed by atoms with Gasteiger partial charge in [-0.1, -0.05) is 30.1 Å². The summed E-state index contributed by atoms with van der Waals surface area (Å²) in [5.41, 5.74) is 1.17. The monoisotopic (exact) mass is 306 g/mol. The Morgan fingerprint density at radius 3 is 2.83 bits per heavy atom. The molecule has 0 aromatic carbocycles. The number of rotatable bonds is 4. The molecule has 1 fully saturated rings. The molecular weight excluding hydrogens is 287 g/mol. The maximum atomic E-state index is 6.27. The van der Waals surface area contributed by atoms with Gasteiger partial charge < -0.3 is 5.32 Å². The van der Waals surface area contributed by atoms with Gasteiger partial charge in [-0.05, 0) is 38.9 Å². The molecule has 102 valence electrons. The summed E-state index contributed by atoms with van der Waals surface area (Å²) in [6.07, 6.45) is 2.52. The smallest absolute Gasteiger partial charge is 0.0991 e. The standard InChI is InChI=1S/C13H20Cl2N2S/c1-3-17(10-5-4-6-16-8-10)9(2)11-7-12(14)18-13(11)15/h7,9-10,16H,3-6,8H2,1-2H3. The van der Waals surface area contributed by atoms with E-state index in [4.69, 9.17) is 23.2 Å². The van der Waals surface area contributed by atoms with Gasteiger partial charge in [0, 0.05) is 24.2 Å². The van der Waals surface area contributed by atoms with Crippen molar-refractivity contribution < 1.29 is 0 Å². The molecule has 1 N–H and O–H groups in total. The molecule has 0 spiro atoms. The second-order valence-electron chi connectivity index (χ2n) is 4.79. The van der Waals surface area contributed by atoms with Crippen LogP contribution in [0.25, 0.3) is 0 Å². The third-order valence-corrected chi connectivity index (χ3v) is 5.25. The van der Waals surface area contributed by atoms with Gasteiger partial charge in [0.25, 0.3) is 0 Å². The summed E-state index contributed by atoms with van der Waals surface area (Å²) in [6.45, 7) is 7.70. The van der Waals surface area contributed by atoms with Gasteiger partial charge in [0.1, 0.15) is 0 Å². The van der Waals surface area contributed by atoms with Gasteiger partial charge in [0.2, 0.25) is 0 Å². The number of nitrogens with one attached hydrogen (secondary N) is 1. The maximum Gasteiger partial charge on any atom is 0.0991 e. The number of piperidine rings is 1. The van der Waals surface area contributed by atoms with Crippen LogP contribution in [0.5, 0.6) is 0 Å². The van der Waals surface area contributed by atoms with Crippen molar-refractivity contribution in [3.05, 3.63) is 20.3 Å². The predicted octanol–water partition coefficient (Wildman–Crippen LogP) is 4.19. The third-order valence-electron chi connectivity index (χ3n) is 3.74. The molecule has 18 heavy (non-hydrogen) atoms. The second kappa shape index (κ2) is 6.58. The number of hydrogen-bond donors (Lipinski definition) is 1. The van der Waals surface area contributed by atoms with Crippen LogP contribution in [0.2, 0.25) is 8.67 Å². The first-order valence-electron chi connectivity index (χ1n) is 6.54. The summed E-state index contributed by atoms with van der Waals surface area (Å²) in [5, 5.41) is 3.48. The SMILES string of the molecule is CCN(C1CCCNC1)C(C)c1cc(Cl)sc1Cl. The highest BCUT2D eigenvalue weighted by Gasteiger charge is 2.26. The molecule has 1 saturated heterocycles. The Morgan fingerprint density at radius 2 is 2.33 bits per heavy atom. The fraction of sp³-hybridized carbons (Fsp3) is 0.692. The Labute approximate surface area is 123 Å². The summed E-state index contributed by atoms with van der Waals surface area (Å²) in [6, 6.07) is 2.95. The zero-order valence-corrected chi connectivity index (χ0v) is 13.2. The van der Waals surface area contributed by atoms with Gasteiger partial charge in [-0.15, -0.1) is 11.3 Å². The molecule has 1 aliphatic rings. The molecule has 2 heterocycles. The van der Waals surface area contributed by atoms with Crippen LogP contribution in [-0.4, -0.2) is 30.6 Å². The van der Waals surface area contributed by atoms with Crippen molar-refractivity contribution in [2.45, 2.75) is 38.8 Å². The number of halogens is 2. The van der Waals surface area contributed by atoms with Crippen molar-refractivity contribution in [1.82, 2.24) is 10.2 Å². The van der Waals surface area contributed by atoms with Gasteiger partial charge in [-0.2, -0.15) is 0 Å². The number of likely N-dealkylation sites (N-methyl/N-ethyl adjacent to an activating group) is 1. The highest BCUT2D eigenvalue weighted by molar-refractivity contribution is 7.20. The van der Waals surface area contributed by atoms with Crippen LogP contribution in [0.15, 0.2) is 6.07 Å². The van der Waals surface area contributed by atoms with Crippen molar-refractivity contribution in [3.63, 3.8) is 0 Å². The molecule has 0 aliphatic carbocycles. The van der Waals surface area contributed by atoms with Gasteiger partial charge in [-0.3, -0.25) is 4.90 Å². The maximum absolute atomic E-state index is 6.27. The van der Waals surface area contributed by atoms with Crippen LogP contribution in [0.4, 0.5) is 0 Å². The first-order chi connectivity index (χ1) is 8.63. The molecular formula is C13H20Cl2N2S. The Morgan fingerprint density at radius 1 is 1.56 bits per heavy atom. The van der Waals surface area contributed by atoms with Crippen molar-refractivity contribution in [1.29, 1.82) is 0 Å². The average molecular weight is 307 g/mol. The van der Waals surface area contributed by atoms with E-state index in [0.29, 0.717) is 12.1 Å². The fourth-order valence-electron chi connectivity index (χ4n) is 2.78. The van der Waals surface area contributed by atoms with Crippen molar-refractivity contribution in [2.24, 2.45) is 0 Å². The Balaban J connectivity index is 2.13. The molecule has 0 amide bonds. The van der Waals surface area contributed by atoms with Crippen LogP contribution >= 0.6 is 34.5 Å². The van der Waals surface area contributed by atoms with E-state index in [1.807, 2.05) is 6.07 Å². The van der Waals surface area contributed by atoms with Crippen molar-refractivity contribution in [3.8, 4) is 0 Å². The predicted molar refractivity (Wildman–Crippen MR) is 81.0 cm³/mol. The lowest BCUT2D eigenvalue weighted by atomic mass is 10.0. The van der Waals surface area contributed by atoms with Crippen LogP contribution in [-0.2, 0) is 0 Å². The summed E-state index contributed by atoms with van der Waals surface area (Å²) < 4.78 is 1.61. The van der Waals surface area contributed by atoms with E-state index in [0.717, 1.165) is 28.3 Å². The molecule has 2 rings (SSSR count). The van der Waals surface area contributed by atoms with Gasteiger partial charge in [0.05, 0.1) is 8.67 Å². The highest BCUT2D eigenvalue weighted by atomic mass is 35.5. The van der Waals surface area contributed by atoms with Crippen molar-refractivity contribution in [2.75, 3.05) is 19.6 Å². The summed E-state index contributed by atoms with van der Waals surface area (Å²) >= 11 is 13.8. The van der Waals surface area contributed by atoms with E-state index in [-0.39, 0.29) is 0 Å². The molecule has 1 aromatic heterocycles. The highest BCUT2D eigenvalue weighted by Crippen LogP contribution is 2.38. The van der Waals surface area contributed by atoms with E-state index in [1.54, 1.807) is 0 Å². The van der Waals surface area contributed by atoms with Crippen molar-refractivity contribution >= 4 is 34.5 Å². The second-order valence-corrected chi connectivity index (χ2v) is 7.07. The van der Waals surface area contributed by atoms with Crippen LogP contribution in [0.3, 0.4) is 0 Å². The van der Waals surface area contributed by atoms with E-state index in [2.05, 4.69) is 24.1 Å². The molecule has 5 heteroatoms. The molecule has 1 aliphatic heterocycles. The normalized spacial score (nSPS) is 22.4. The zero-order chi connectivity index (χ0) is 13.1.